The van der Waals surface area contributed by atoms with Gasteiger partial charge in [-0.2, -0.15) is 5.10 Å². The first kappa shape index (κ1) is 23.4. The molecule has 4 aromatic rings. The van der Waals surface area contributed by atoms with Crippen molar-refractivity contribution < 1.29 is 9.59 Å². The van der Waals surface area contributed by atoms with Gasteiger partial charge in [-0.05, 0) is 26.3 Å². The van der Waals surface area contributed by atoms with Gasteiger partial charge in [-0.15, -0.1) is 11.3 Å². The largest absolute Gasteiger partial charge is 0.383 e. The number of primary amides is 1. The Morgan fingerprint density at radius 2 is 1.62 bits per heavy atom. The molecule has 174 valence electrons. The van der Waals surface area contributed by atoms with Crippen LogP contribution in [0.15, 0.2) is 54.6 Å². The van der Waals surface area contributed by atoms with Crippen molar-refractivity contribution in [2.24, 2.45) is 5.73 Å². The molecule has 34 heavy (non-hydrogen) atoms. The molecule has 0 unspecified atom stereocenters. The van der Waals surface area contributed by atoms with E-state index in [1.807, 2.05) is 75.4 Å². The maximum absolute atomic E-state index is 12.7. The standard InChI is InChI=1S/C26H27N5O2S/c1-15(2)31-25(27)22(26(28)33)24(30-31)19-11-9-17(10-12-19)13-20(32)14-21-29-23(16(3)34-21)18-7-5-4-6-8-18/h4-12,15H,13-14,27H2,1-3H3,(H2,28,33). The van der Waals surface area contributed by atoms with Gasteiger partial charge in [0.05, 0.1) is 12.1 Å². The summed E-state index contributed by atoms with van der Waals surface area (Å²) in [5.74, 6) is -0.273. The summed E-state index contributed by atoms with van der Waals surface area (Å²) in [6.45, 7) is 5.89. The van der Waals surface area contributed by atoms with Gasteiger partial charge >= 0.3 is 0 Å². The molecule has 0 aliphatic heterocycles. The molecular weight excluding hydrogens is 446 g/mol. The first-order valence-corrected chi connectivity index (χ1v) is 11.9. The summed E-state index contributed by atoms with van der Waals surface area (Å²) in [6, 6.07) is 17.4. The van der Waals surface area contributed by atoms with E-state index in [0.717, 1.165) is 32.3 Å². The van der Waals surface area contributed by atoms with Crippen LogP contribution in [0.4, 0.5) is 5.82 Å². The summed E-state index contributed by atoms with van der Waals surface area (Å²) >= 11 is 1.56. The first-order chi connectivity index (χ1) is 16.2. The SMILES string of the molecule is Cc1sc(CC(=O)Cc2ccc(-c3nn(C(C)C)c(N)c3C(N)=O)cc2)nc1-c1ccccc1. The van der Waals surface area contributed by atoms with Crippen LogP contribution in [0.5, 0.6) is 0 Å². The second-order valence-electron chi connectivity index (χ2n) is 8.48. The molecule has 0 aliphatic carbocycles. The third kappa shape index (κ3) is 4.77. The fraction of sp³-hybridized carbons (Fsp3) is 0.231. The number of carbonyl (C=O) groups excluding carboxylic acids is 2. The lowest BCUT2D eigenvalue weighted by Gasteiger charge is -2.06. The maximum Gasteiger partial charge on any atom is 0.254 e. The van der Waals surface area contributed by atoms with Crippen molar-refractivity contribution in [1.82, 2.24) is 14.8 Å². The molecule has 1 amide bonds. The van der Waals surface area contributed by atoms with Crippen molar-refractivity contribution in [2.75, 3.05) is 5.73 Å². The molecule has 0 bridgehead atoms. The maximum atomic E-state index is 12.7. The lowest BCUT2D eigenvalue weighted by molar-refractivity contribution is -0.117. The molecule has 0 atom stereocenters. The predicted octanol–water partition coefficient (Wildman–Crippen LogP) is 4.60. The van der Waals surface area contributed by atoms with Gasteiger partial charge in [-0.25, -0.2) is 9.67 Å². The lowest BCUT2D eigenvalue weighted by atomic mass is 10.0. The number of Topliss-reactive ketones (excluding diaryl/α,β-unsaturated/α-hetero) is 1. The van der Waals surface area contributed by atoms with Crippen LogP contribution in [-0.2, 0) is 17.6 Å². The fourth-order valence-corrected chi connectivity index (χ4v) is 4.90. The van der Waals surface area contributed by atoms with Gasteiger partial charge in [0, 0.05) is 28.5 Å². The van der Waals surface area contributed by atoms with Crippen molar-refractivity contribution in [2.45, 2.75) is 39.7 Å². The highest BCUT2D eigenvalue weighted by Gasteiger charge is 2.22. The second kappa shape index (κ2) is 9.61. The van der Waals surface area contributed by atoms with Crippen LogP contribution in [0.2, 0.25) is 0 Å². The molecule has 4 rings (SSSR count). The van der Waals surface area contributed by atoms with Crippen molar-refractivity contribution in [3.05, 3.63) is 75.6 Å². The Morgan fingerprint density at radius 1 is 0.971 bits per heavy atom. The summed E-state index contributed by atoms with van der Waals surface area (Å²) < 4.78 is 1.59. The third-order valence-electron chi connectivity index (χ3n) is 5.55. The molecule has 0 aliphatic rings. The molecule has 0 radical (unpaired) electrons. The number of rotatable bonds is 8. The predicted molar refractivity (Wildman–Crippen MR) is 136 cm³/mol. The van der Waals surface area contributed by atoms with Crippen molar-refractivity contribution >= 4 is 28.8 Å². The molecule has 0 fully saturated rings. The van der Waals surface area contributed by atoms with Gasteiger partial charge in [0.2, 0.25) is 0 Å². The summed E-state index contributed by atoms with van der Waals surface area (Å²) in [5.41, 5.74) is 15.9. The molecule has 8 heteroatoms. The minimum Gasteiger partial charge on any atom is -0.383 e. The van der Waals surface area contributed by atoms with Crippen molar-refractivity contribution in [3.63, 3.8) is 0 Å². The highest BCUT2D eigenvalue weighted by atomic mass is 32.1. The van der Waals surface area contributed by atoms with Crippen LogP contribution in [0, 0.1) is 6.92 Å². The molecule has 2 heterocycles. The number of hydrogen-bond acceptors (Lipinski definition) is 6. The number of aryl methyl sites for hydroxylation is 1. The number of thiazole rings is 1. The van der Waals surface area contributed by atoms with Crippen LogP contribution in [0.3, 0.4) is 0 Å². The topological polar surface area (TPSA) is 117 Å². The van der Waals surface area contributed by atoms with Crippen LogP contribution in [-0.4, -0.2) is 26.5 Å². The van der Waals surface area contributed by atoms with E-state index >= 15 is 0 Å². The Morgan fingerprint density at radius 3 is 2.24 bits per heavy atom. The van der Waals surface area contributed by atoms with E-state index in [2.05, 4.69) is 5.10 Å². The number of ketones is 1. The Hall–Kier alpha value is -3.78. The number of benzene rings is 2. The lowest BCUT2D eigenvalue weighted by Crippen LogP contribution is -2.15. The van der Waals surface area contributed by atoms with Crippen LogP contribution in [0.1, 0.15) is 45.7 Å². The number of anilines is 1. The molecule has 4 N–H and O–H groups in total. The monoisotopic (exact) mass is 473 g/mol. The van der Waals surface area contributed by atoms with E-state index in [4.69, 9.17) is 16.5 Å². The average Bonchev–Trinajstić information content (AvgIpc) is 3.34. The zero-order chi connectivity index (χ0) is 24.4. The van der Waals surface area contributed by atoms with Gasteiger partial charge in [-0.3, -0.25) is 9.59 Å². The summed E-state index contributed by atoms with van der Waals surface area (Å²) in [7, 11) is 0. The van der Waals surface area contributed by atoms with Gasteiger partial charge in [0.1, 0.15) is 27.9 Å². The minimum absolute atomic E-state index is 0.0133. The molecule has 0 saturated carbocycles. The van der Waals surface area contributed by atoms with E-state index in [-0.39, 0.29) is 23.2 Å². The van der Waals surface area contributed by atoms with Crippen molar-refractivity contribution in [3.8, 4) is 22.5 Å². The normalized spacial score (nSPS) is 11.2. The summed E-state index contributed by atoms with van der Waals surface area (Å²) in [6.07, 6.45) is 0.589. The molecule has 0 spiro atoms. The van der Waals surface area contributed by atoms with Crippen LogP contribution >= 0.6 is 11.3 Å². The quantitative estimate of drug-likeness (QED) is 0.388. The number of nitrogens with two attached hydrogens (primary N) is 2. The van der Waals surface area contributed by atoms with Crippen LogP contribution in [0.25, 0.3) is 22.5 Å². The van der Waals surface area contributed by atoms with Crippen molar-refractivity contribution in [1.29, 1.82) is 0 Å². The number of hydrogen-bond donors (Lipinski definition) is 2. The molecule has 0 saturated heterocycles. The number of nitrogen functional groups attached to an aromatic ring is 1. The van der Waals surface area contributed by atoms with E-state index in [1.54, 1.807) is 16.0 Å². The number of amides is 1. The second-order valence-corrected chi connectivity index (χ2v) is 9.77. The Balaban J connectivity index is 1.48. The Kier molecular flexibility index (Phi) is 6.61. The highest BCUT2D eigenvalue weighted by molar-refractivity contribution is 7.12. The molecule has 2 aromatic heterocycles. The number of carbonyl (C=O) groups is 2. The van der Waals surface area contributed by atoms with Gasteiger partial charge in [0.25, 0.3) is 5.91 Å². The highest BCUT2D eigenvalue weighted by Crippen LogP contribution is 2.30. The van der Waals surface area contributed by atoms with Crippen LogP contribution < -0.4 is 11.5 Å². The Labute approximate surface area is 202 Å². The molecule has 2 aromatic carbocycles. The van der Waals surface area contributed by atoms with Gasteiger partial charge in [0.15, 0.2) is 0 Å². The summed E-state index contributed by atoms with van der Waals surface area (Å²) in [5, 5.41) is 5.32. The van der Waals surface area contributed by atoms with E-state index in [1.165, 1.54) is 0 Å². The Bertz CT molecular complexity index is 1340. The zero-order valence-electron chi connectivity index (χ0n) is 19.4. The number of aromatic nitrogens is 3. The van der Waals surface area contributed by atoms with E-state index < -0.39 is 5.91 Å². The van der Waals surface area contributed by atoms with Gasteiger partial charge < -0.3 is 11.5 Å². The average molecular weight is 474 g/mol. The molecule has 7 nitrogen and oxygen atoms in total. The zero-order valence-corrected chi connectivity index (χ0v) is 20.2. The fourth-order valence-electron chi connectivity index (χ4n) is 3.92. The molecular formula is C26H27N5O2S. The first-order valence-electron chi connectivity index (χ1n) is 11.0. The summed E-state index contributed by atoms with van der Waals surface area (Å²) in [4.78, 5) is 30.5. The smallest absolute Gasteiger partial charge is 0.254 e. The van der Waals surface area contributed by atoms with E-state index in [9.17, 15) is 9.59 Å². The van der Waals surface area contributed by atoms with Gasteiger partial charge in [-0.1, -0.05) is 54.6 Å². The van der Waals surface area contributed by atoms with E-state index in [0.29, 0.717) is 18.5 Å². The number of nitrogens with zero attached hydrogens (tertiary/aromatic N) is 3. The third-order valence-corrected chi connectivity index (χ3v) is 6.52. The minimum atomic E-state index is -0.618.